The number of aromatic nitrogens is 1. The molecule has 0 atom stereocenters. The third kappa shape index (κ3) is 2.77. The van der Waals surface area contributed by atoms with E-state index in [9.17, 15) is 0 Å². The first-order valence-electron chi connectivity index (χ1n) is 9.03. The quantitative estimate of drug-likeness (QED) is 0.820. The molecule has 2 fully saturated rings. The van der Waals surface area contributed by atoms with Gasteiger partial charge < -0.3 is 4.52 Å². The van der Waals surface area contributed by atoms with E-state index in [2.05, 4.69) is 10.1 Å². The Morgan fingerprint density at radius 1 is 0.905 bits per heavy atom. The maximum Gasteiger partial charge on any atom is 0.140 e. The molecule has 2 heterocycles. The lowest BCUT2D eigenvalue weighted by molar-refractivity contribution is 0.0629. The van der Waals surface area contributed by atoms with E-state index in [1.807, 2.05) is 0 Å². The van der Waals surface area contributed by atoms with Crippen LogP contribution in [0.25, 0.3) is 0 Å². The summed E-state index contributed by atoms with van der Waals surface area (Å²) in [7, 11) is 0. The van der Waals surface area contributed by atoms with E-state index >= 15 is 0 Å². The van der Waals surface area contributed by atoms with Crippen LogP contribution in [0, 0.1) is 5.41 Å². The predicted octanol–water partition coefficient (Wildman–Crippen LogP) is 4.10. The molecule has 1 aromatic heterocycles. The first kappa shape index (κ1) is 13.8. The molecule has 0 bridgehead atoms. The van der Waals surface area contributed by atoms with Gasteiger partial charge in [0.15, 0.2) is 0 Å². The van der Waals surface area contributed by atoms with E-state index in [0.717, 1.165) is 13.0 Å². The molecular formula is C18H28N2O. The molecule has 2 aliphatic carbocycles. The van der Waals surface area contributed by atoms with Gasteiger partial charge in [-0.3, -0.25) is 4.90 Å². The number of nitrogens with zero attached hydrogens (tertiary/aromatic N) is 2. The number of piperidine rings is 1. The molecule has 3 aliphatic rings. The molecule has 1 aromatic rings. The lowest BCUT2D eigenvalue weighted by Gasteiger charge is -2.44. The summed E-state index contributed by atoms with van der Waals surface area (Å²) in [5.41, 5.74) is 3.39. The van der Waals surface area contributed by atoms with Crippen LogP contribution in [0.4, 0.5) is 0 Å². The van der Waals surface area contributed by atoms with Crippen molar-refractivity contribution < 1.29 is 4.52 Å². The molecule has 21 heavy (non-hydrogen) atoms. The summed E-state index contributed by atoms with van der Waals surface area (Å²) in [5.74, 6) is 1.18. The van der Waals surface area contributed by atoms with Crippen molar-refractivity contribution in [3.63, 3.8) is 0 Å². The highest BCUT2D eigenvalue weighted by atomic mass is 16.5. The average Bonchev–Trinajstić information content (AvgIpc) is 2.94. The van der Waals surface area contributed by atoms with Gasteiger partial charge in [0.2, 0.25) is 0 Å². The highest BCUT2D eigenvalue weighted by molar-refractivity contribution is 5.25. The van der Waals surface area contributed by atoms with Crippen molar-refractivity contribution >= 4 is 0 Å². The molecule has 3 nitrogen and oxygen atoms in total. The highest BCUT2D eigenvalue weighted by Crippen LogP contribution is 2.44. The fraction of sp³-hybridized carbons (Fsp3) is 0.833. The van der Waals surface area contributed by atoms with Crippen LogP contribution < -0.4 is 0 Å². The number of likely N-dealkylation sites (tertiary alicyclic amines) is 1. The van der Waals surface area contributed by atoms with Crippen molar-refractivity contribution in [1.29, 1.82) is 0 Å². The number of aryl methyl sites for hydroxylation is 1. The minimum atomic E-state index is 0.706. The van der Waals surface area contributed by atoms with Gasteiger partial charge in [0.25, 0.3) is 0 Å². The van der Waals surface area contributed by atoms with Crippen LogP contribution >= 0.6 is 0 Å². The fourth-order valence-electron chi connectivity index (χ4n) is 4.77. The normalized spacial score (nSPS) is 25.9. The van der Waals surface area contributed by atoms with Crippen molar-refractivity contribution in [3.05, 3.63) is 17.0 Å². The van der Waals surface area contributed by atoms with E-state index < -0.39 is 0 Å². The second-order valence-corrected chi connectivity index (χ2v) is 7.57. The number of fused-ring (bicyclic) bond motifs is 1. The third-order valence-corrected chi connectivity index (χ3v) is 6.24. The number of hydrogen-bond acceptors (Lipinski definition) is 3. The van der Waals surface area contributed by atoms with Crippen molar-refractivity contribution in [3.8, 4) is 0 Å². The first-order chi connectivity index (χ1) is 10.3. The Labute approximate surface area is 128 Å². The van der Waals surface area contributed by atoms with Crippen LogP contribution in [0.5, 0.6) is 0 Å². The smallest absolute Gasteiger partial charge is 0.140 e. The zero-order chi connectivity index (χ0) is 14.1. The van der Waals surface area contributed by atoms with Crippen LogP contribution in [0.2, 0.25) is 0 Å². The molecule has 1 spiro atoms. The molecule has 1 saturated heterocycles. The molecule has 0 unspecified atom stereocenters. The van der Waals surface area contributed by atoms with Crippen LogP contribution in [-0.2, 0) is 19.4 Å². The molecule has 1 aliphatic heterocycles. The Hall–Kier alpha value is -0.830. The van der Waals surface area contributed by atoms with Gasteiger partial charge in [-0.1, -0.05) is 24.4 Å². The van der Waals surface area contributed by atoms with E-state index in [1.165, 1.54) is 94.3 Å². The maximum atomic E-state index is 5.56. The van der Waals surface area contributed by atoms with Crippen molar-refractivity contribution in [2.75, 3.05) is 13.1 Å². The molecule has 0 amide bonds. The molecule has 0 aromatic carbocycles. The maximum absolute atomic E-state index is 5.56. The molecule has 1 saturated carbocycles. The van der Waals surface area contributed by atoms with Crippen LogP contribution in [-0.4, -0.2) is 23.1 Å². The molecule has 0 radical (unpaired) electrons. The summed E-state index contributed by atoms with van der Waals surface area (Å²) < 4.78 is 5.56. The number of hydrogen-bond donors (Lipinski definition) is 0. The highest BCUT2D eigenvalue weighted by Gasteiger charge is 2.35. The second kappa shape index (κ2) is 5.75. The Balaban J connectivity index is 1.37. The predicted molar refractivity (Wildman–Crippen MR) is 83.2 cm³/mol. The molecule has 4 rings (SSSR count). The SMILES string of the molecule is C1CCC2(CC1)CCN(Cc1noc3c1CCCC3)CC2. The minimum absolute atomic E-state index is 0.706. The van der Waals surface area contributed by atoms with Crippen molar-refractivity contribution in [2.24, 2.45) is 5.41 Å². The Morgan fingerprint density at radius 3 is 2.48 bits per heavy atom. The van der Waals surface area contributed by atoms with Gasteiger partial charge in [-0.05, 0) is 63.5 Å². The molecule has 0 N–H and O–H groups in total. The van der Waals surface area contributed by atoms with Gasteiger partial charge >= 0.3 is 0 Å². The lowest BCUT2D eigenvalue weighted by atomic mass is 9.68. The summed E-state index contributed by atoms with van der Waals surface area (Å²) in [6.45, 7) is 3.55. The zero-order valence-corrected chi connectivity index (χ0v) is 13.2. The van der Waals surface area contributed by atoms with Gasteiger partial charge in [-0.2, -0.15) is 0 Å². The minimum Gasteiger partial charge on any atom is -0.361 e. The molecule has 3 heteroatoms. The summed E-state index contributed by atoms with van der Waals surface area (Å²) in [4.78, 5) is 2.62. The standard InChI is InChI=1S/C18H28N2O/c1-4-8-18(9-5-1)10-12-20(13-11-18)14-16-15-6-2-3-7-17(15)21-19-16/h1-14H2. The van der Waals surface area contributed by atoms with Gasteiger partial charge in [0.1, 0.15) is 11.5 Å². The van der Waals surface area contributed by atoms with E-state index in [0.29, 0.717) is 5.41 Å². The Bertz CT molecular complexity index is 477. The second-order valence-electron chi connectivity index (χ2n) is 7.57. The largest absolute Gasteiger partial charge is 0.361 e. The fourth-order valence-corrected chi connectivity index (χ4v) is 4.77. The molecule has 116 valence electrons. The Morgan fingerprint density at radius 2 is 1.67 bits per heavy atom. The monoisotopic (exact) mass is 288 g/mol. The Kier molecular flexibility index (Phi) is 3.78. The van der Waals surface area contributed by atoms with Crippen LogP contribution in [0.15, 0.2) is 4.52 Å². The lowest BCUT2D eigenvalue weighted by Crippen LogP contribution is -2.40. The zero-order valence-electron chi connectivity index (χ0n) is 13.2. The average molecular weight is 288 g/mol. The topological polar surface area (TPSA) is 29.3 Å². The van der Waals surface area contributed by atoms with E-state index in [1.54, 1.807) is 0 Å². The van der Waals surface area contributed by atoms with Gasteiger partial charge in [0, 0.05) is 18.5 Å². The molecular weight excluding hydrogens is 260 g/mol. The number of rotatable bonds is 2. The summed E-state index contributed by atoms with van der Waals surface area (Å²) >= 11 is 0. The van der Waals surface area contributed by atoms with E-state index in [-0.39, 0.29) is 0 Å². The van der Waals surface area contributed by atoms with Crippen molar-refractivity contribution in [1.82, 2.24) is 10.1 Å². The van der Waals surface area contributed by atoms with Gasteiger partial charge in [-0.15, -0.1) is 0 Å². The van der Waals surface area contributed by atoms with Crippen molar-refractivity contribution in [2.45, 2.75) is 77.2 Å². The van der Waals surface area contributed by atoms with Gasteiger partial charge in [-0.25, -0.2) is 0 Å². The summed E-state index contributed by atoms with van der Waals surface area (Å²) in [6.07, 6.45) is 15.1. The third-order valence-electron chi connectivity index (χ3n) is 6.24. The van der Waals surface area contributed by atoms with Crippen LogP contribution in [0.3, 0.4) is 0 Å². The summed E-state index contributed by atoms with van der Waals surface area (Å²) in [5, 5.41) is 4.38. The van der Waals surface area contributed by atoms with Gasteiger partial charge in [0.05, 0.1) is 0 Å². The van der Waals surface area contributed by atoms with Crippen LogP contribution in [0.1, 0.15) is 74.8 Å². The van der Waals surface area contributed by atoms with E-state index in [4.69, 9.17) is 4.52 Å². The first-order valence-corrected chi connectivity index (χ1v) is 9.03. The summed E-state index contributed by atoms with van der Waals surface area (Å²) in [6, 6.07) is 0.